The SMILES string of the molecule is CCN(CC)S(=O)(=O)c1ccc(N(C)C)c(NC(=O)c2ccc(C)s2)c1. The van der Waals surface area contributed by atoms with Crippen molar-refractivity contribution in [3.63, 3.8) is 0 Å². The molecule has 0 unspecified atom stereocenters. The lowest BCUT2D eigenvalue weighted by atomic mass is 10.2. The van der Waals surface area contributed by atoms with Gasteiger partial charge >= 0.3 is 0 Å². The van der Waals surface area contributed by atoms with Crippen LogP contribution in [-0.4, -0.2) is 45.8 Å². The minimum absolute atomic E-state index is 0.171. The van der Waals surface area contributed by atoms with Gasteiger partial charge in [-0.3, -0.25) is 4.79 Å². The summed E-state index contributed by atoms with van der Waals surface area (Å²) in [6.07, 6.45) is 0. The van der Waals surface area contributed by atoms with Crippen LogP contribution < -0.4 is 10.2 Å². The summed E-state index contributed by atoms with van der Waals surface area (Å²) in [6.45, 7) is 6.33. The predicted octanol–water partition coefficient (Wildman–Crippen LogP) is 3.41. The molecule has 0 aliphatic rings. The maximum absolute atomic E-state index is 12.8. The average Bonchev–Trinajstić information content (AvgIpc) is 3.02. The lowest BCUT2D eigenvalue weighted by Crippen LogP contribution is -2.30. The van der Waals surface area contributed by atoms with Crippen molar-refractivity contribution in [2.24, 2.45) is 0 Å². The molecule has 1 aromatic heterocycles. The lowest BCUT2D eigenvalue weighted by Gasteiger charge is -2.22. The zero-order chi connectivity index (χ0) is 19.5. The third kappa shape index (κ3) is 4.25. The van der Waals surface area contributed by atoms with Crippen molar-refractivity contribution < 1.29 is 13.2 Å². The number of thiophene rings is 1. The Morgan fingerprint density at radius 2 is 1.77 bits per heavy atom. The number of aryl methyl sites for hydroxylation is 1. The number of benzene rings is 1. The van der Waals surface area contributed by atoms with Gasteiger partial charge in [0.2, 0.25) is 10.0 Å². The van der Waals surface area contributed by atoms with E-state index in [2.05, 4.69) is 5.32 Å². The smallest absolute Gasteiger partial charge is 0.265 e. The number of carbonyl (C=O) groups is 1. The second-order valence-corrected chi connectivity index (χ2v) is 9.25. The topological polar surface area (TPSA) is 69.7 Å². The fourth-order valence-corrected chi connectivity index (χ4v) is 4.87. The maximum atomic E-state index is 12.8. The van der Waals surface area contributed by atoms with E-state index in [0.29, 0.717) is 23.7 Å². The highest BCUT2D eigenvalue weighted by atomic mass is 32.2. The molecular weight excluding hydrogens is 370 g/mol. The van der Waals surface area contributed by atoms with Crippen LogP contribution in [0.15, 0.2) is 35.2 Å². The molecule has 2 aromatic rings. The van der Waals surface area contributed by atoms with E-state index < -0.39 is 10.0 Å². The number of rotatable bonds is 7. The van der Waals surface area contributed by atoms with Crippen molar-refractivity contribution in [2.45, 2.75) is 25.7 Å². The fourth-order valence-electron chi connectivity index (χ4n) is 2.62. The molecule has 0 atom stereocenters. The second-order valence-electron chi connectivity index (χ2n) is 6.03. The Bertz CT molecular complexity index is 885. The summed E-state index contributed by atoms with van der Waals surface area (Å²) in [4.78, 5) is 16.2. The summed E-state index contributed by atoms with van der Waals surface area (Å²) in [5.74, 6) is -0.247. The van der Waals surface area contributed by atoms with Crippen LogP contribution in [0.4, 0.5) is 11.4 Å². The van der Waals surface area contributed by atoms with Crippen LogP contribution in [0, 0.1) is 6.92 Å². The summed E-state index contributed by atoms with van der Waals surface area (Å²) in [5.41, 5.74) is 1.21. The Hall–Kier alpha value is -1.90. The van der Waals surface area contributed by atoms with E-state index in [1.165, 1.54) is 21.7 Å². The van der Waals surface area contributed by atoms with Gasteiger partial charge in [0.25, 0.3) is 5.91 Å². The molecule has 8 heteroatoms. The van der Waals surface area contributed by atoms with Gasteiger partial charge in [-0.25, -0.2) is 8.42 Å². The third-order valence-electron chi connectivity index (χ3n) is 4.01. The van der Waals surface area contributed by atoms with E-state index >= 15 is 0 Å². The maximum Gasteiger partial charge on any atom is 0.265 e. The Morgan fingerprint density at radius 3 is 2.27 bits per heavy atom. The first-order valence-corrected chi connectivity index (χ1v) is 10.7. The highest BCUT2D eigenvalue weighted by molar-refractivity contribution is 7.89. The third-order valence-corrected chi connectivity index (χ3v) is 7.05. The van der Waals surface area contributed by atoms with Crippen LogP contribution in [0.1, 0.15) is 28.4 Å². The van der Waals surface area contributed by atoms with Crippen molar-refractivity contribution in [1.29, 1.82) is 0 Å². The van der Waals surface area contributed by atoms with E-state index in [0.717, 1.165) is 10.6 Å². The Labute approximate surface area is 159 Å². The van der Waals surface area contributed by atoms with Crippen molar-refractivity contribution in [3.05, 3.63) is 40.1 Å². The first-order chi connectivity index (χ1) is 12.2. The normalized spacial score (nSPS) is 11.6. The highest BCUT2D eigenvalue weighted by Gasteiger charge is 2.23. The molecule has 0 saturated heterocycles. The van der Waals surface area contributed by atoms with Gasteiger partial charge in [-0.1, -0.05) is 13.8 Å². The number of sulfonamides is 1. The molecule has 1 aromatic carbocycles. The first-order valence-electron chi connectivity index (χ1n) is 8.40. The summed E-state index contributed by atoms with van der Waals surface area (Å²) in [5, 5.41) is 2.86. The standard InChI is InChI=1S/C18H25N3O3S2/c1-6-21(7-2)26(23,24)14-9-10-16(20(4)5)15(12-14)19-18(22)17-11-8-13(3)25-17/h8-12H,6-7H2,1-5H3,(H,19,22). The molecular formula is C18H25N3O3S2. The molecule has 2 rings (SSSR count). The molecule has 0 saturated carbocycles. The molecule has 26 heavy (non-hydrogen) atoms. The molecule has 0 radical (unpaired) electrons. The van der Waals surface area contributed by atoms with Gasteiger partial charge in [-0.05, 0) is 37.3 Å². The molecule has 1 amide bonds. The van der Waals surface area contributed by atoms with Gasteiger partial charge in [0.15, 0.2) is 0 Å². The monoisotopic (exact) mass is 395 g/mol. The summed E-state index contributed by atoms with van der Waals surface area (Å²) < 4.78 is 27.0. The van der Waals surface area contributed by atoms with Gasteiger partial charge < -0.3 is 10.2 Å². The quantitative estimate of drug-likeness (QED) is 0.780. The molecule has 6 nitrogen and oxygen atoms in total. The molecule has 0 aliphatic carbocycles. The molecule has 0 bridgehead atoms. The van der Waals surface area contributed by atoms with E-state index in [-0.39, 0.29) is 10.8 Å². The second kappa shape index (κ2) is 8.20. The van der Waals surface area contributed by atoms with Crippen molar-refractivity contribution >= 4 is 38.6 Å². The summed E-state index contributed by atoms with van der Waals surface area (Å²) in [7, 11) is 0.0958. The number of hydrogen-bond acceptors (Lipinski definition) is 5. The summed E-state index contributed by atoms with van der Waals surface area (Å²) >= 11 is 1.40. The van der Waals surface area contributed by atoms with Gasteiger partial charge in [-0.2, -0.15) is 4.31 Å². The Balaban J connectivity index is 2.44. The number of amides is 1. The average molecular weight is 396 g/mol. The number of hydrogen-bond donors (Lipinski definition) is 1. The number of carbonyl (C=O) groups excluding carboxylic acids is 1. The molecule has 0 spiro atoms. The zero-order valence-corrected chi connectivity index (χ0v) is 17.4. The van der Waals surface area contributed by atoms with Crippen molar-refractivity contribution in [2.75, 3.05) is 37.4 Å². The van der Waals surface area contributed by atoms with Gasteiger partial charge in [0.1, 0.15) is 0 Å². The number of anilines is 2. The molecule has 142 valence electrons. The molecule has 0 aliphatic heterocycles. The molecule has 1 heterocycles. The Morgan fingerprint density at radius 1 is 1.12 bits per heavy atom. The van der Waals surface area contributed by atoms with Crippen molar-refractivity contribution in [1.82, 2.24) is 4.31 Å². The lowest BCUT2D eigenvalue weighted by molar-refractivity contribution is 0.103. The van der Waals surface area contributed by atoms with Crippen LogP contribution in [-0.2, 0) is 10.0 Å². The minimum Gasteiger partial charge on any atom is -0.376 e. The van der Waals surface area contributed by atoms with E-state index in [4.69, 9.17) is 0 Å². The van der Waals surface area contributed by atoms with Gasteiger partial charge in [0.05, 0.1) is 21.1 Å². The minimum atomic E-state index is -3.60. The Kier molecular flexibility index (Phi) is 6.44. The zero-order valence-electron chi connectivity index (χ0n) is 15.7. The van der Waals surface area contributed by atoms with Gasteiger partial charge in [0, 0.05) is 32.1 Å². The summed E-state index contributed by atoms with van der Waals surface area (Å²) in [6, 6.07) is 8.47. The van der Waals surface area contributed by atoms with E-state index in [9.17, 15) is 13.2 Å². The van der Waals surface area contributed by atoms with Crippen LogP contribution in [0.3, 0.4) is 0 Å². The largest absolute Gasteiger partial charge is 0.376 e. The van der Waals surface area contributed by atoms with Crippen LogP contribution >= 0.6 is 11.3 Å². The van der Waals surface area contributed by atoms with Crippen LogP contribution in [0.5, 0.6) is 0 Å². The van der Waals surface area contributed by atoms with E-state index in [1.54, 1.807) is 32.0 Å². The predicted molar refractivity (Wildman–Crippen MR) is 108 cm³/mol. The first kappa shape index (κ1) is 20.4. The van der Waals surface area contributed by atoms with Gasteiger partial charge in [-0.15, -0.1) is 11.3 Å². The molecule has 0 fully saturated rings. The highest BCUT2D eigenvalue weighted by Crippen LogP contribution is 2.30. The molecule has 1 N–H and O–H groups in total. The number of nitrogens with one attached hydrogen (secondary N) is 1. The van der Waals surface area contributed by atoms with Crippen LogP contribution in [0.25, 0.3) is 0 Å². The number of nitrogens with zero attached hydrogens (tertiary/aromatic N) is 2. The van der Waals surface area contributed by atoms with Crippen LogP contribution in [0.2, 0.25) is 0 Å². The van der Waals surface area contributed by atoms with Crippen molar-refractivity contribution in [3.8, 4) is 0 Å². The fraction of sp³-hybridized carbons (Fsp3) is 0.389. The van der Waals surface area contributed by atoms with E-state index in [1.807, 2.05) is 32.0 Å².